The van der Waals surface area contributed by atoms with Crippen LogP contribution in [0.25, 0.3) is 0 Å². The summed E-state index contributed by atoms with van der Waals surface area (Å²) in [4.78, 5) is 38.2. The Morgan fingerprint density at radius 1 is 0.304 bits per heavy atom. The molecule has 0 aliphatic rings. The first kappa shape index (κ1) is 65.6. The van der Waals surface area contributed by atoms with E-state index in [-0.39, 0.29) is 31.1 Å². The second-order valence-corrected chi connectivity index (χ2v) is 19.3. The number of ether oxygens (including phenoxy) is 3. The maximum absolute atomic E-state index is 12.9. The SMILES string of the molecule is CC\C=C/C=C\C=C/C=C\C=C\C=C/CCCCCC(=O)OCC(COC(=O)CCCCCCCCCCCCCCCCCCC)OC(=O)CCCCCCCCC/C=C\CCCCCCCC. The Morgan fingerprint density at radius 2 is 0.580 bits per heavy atom. The molecule has 0 radical (unpaired) electrons. The molecule has 0 aliphatic heterocycles. The molecule has 1 atom stereocenters. The Morgan fingerprint density at radius 3 is 0.942 bits per heavy atom. The lowest BCUT2D eigenvalue weighted by Crippen LogP contribution is -2.30. The highest BCUT2D eigenvalue weighted by Gasteiger charge is 2.19. The van der Waals surface area contributed by atoms with Gasteiger partial charge in [0.1, 0.15) is 13.2 Å². The highest BCUT2D eigenvalue weighted by Crippen LogP contribution is 2.16. The van der Waals surface area contributed by atoms with E-state index in [0.29, 0.717) is 19.3 Å². The molecule has 0 aromatic carbocycles. The monoisotopic (exact) mass is 961 g/mol. The Labute approximate surface area is 426 Å². The Balaban J connectivity index is 4.46. The zero-order chi connectivity index (χ0) is 50.0. The van der Waals surface area contributed by atoms with E-state index in [0.717, 1.165) is 70.6 Å². The van der Waals surface area contributed by atoms with Crippen LogP contribution in [0.3, 0.4) is 0 Å². The highest BCUT2D eigenvalue weighted by molar-refractivity contribution is 5.71. The van der Waals surface area contributed by atoms with Crippen molar-refractivity contribution in [3.8, 4) is 0 Å². The molecule has 0 N–H and O–H groups in total. The van der Waals surface area contributed by atoms with Gasteiger partial charge in [-0.1, -0.05) is 279 Å². The maximum atomic E-state index is 12.9. The number of hydrogen-bond donors (Lipinski definition) is 0. The molecule has 1 unspecified atom stereocenters. The summed E-state index contributed by atoms with van der Waals surface area (Å²) in [6, 6.07) is 0. The molecule has 0 amide bonds. The van der Waals surface area contributed by atoms with Crippen LogP contribution in [0.5, 0.6) is 0 Å². The molecule has 0 bridgehead atoms. The van der Waals surface area contributed by atoms with Gasteiger partial charge in [0.15, 0.2) is 6.10 Å². The number of hydrogen-bond acceptors (Lipinski definition) is 6. The zero-order valence-corrected chi connectivity index (χ0v) is 45.3. The summed E-state index contributed by atoms with van der Waals surface area (Å²) in [5, 5.41) is 0. The molecule has 396 valence electrons. The van der Waals surface area contributed by atoms with E-state index in [4.69, 9.17) is 14.2 Å². The highest BCUT2D eigenvalue weighted by atomic mass is 16.6. The number of unbranched alkanes of at least 4 members (excludes halogenated alkanes) is 32. The summed E-state index contributed by atoms with van der Waals surface area (Å²) in [6.07, 6.45) is 74.3. The first-order valence-electron chi connectivity index (χ1n) is 29.2. The lowest BCUT2D eigenvalue weighted by molar-refractivity contribution is -0.167. The van der Waals surface area contributed by atoms with Crippen LogP contribution in [-0.4, -0.2) is 37.2 Å². The molecular weight excluding hydrogens is 853 g/mol. The molecule has 0 heterocycles. The minimum Gasteiger partial charge on any atom is -0.462 e. The van der Waals surface area contributed by atoms with Gasteiger partial charge in [0, 0.05) is 19.3 Å². The molecule has 0 aromatic heterocycles. The summed E-state index contributed by atoms with van der Waals surface area (Å²) < 4.78 is 16.8. The molecule has 69 heavy (non-hydrogen) atoms. The molecule has 0 saturated carbocycles. The van der Waals surface area contributed by atoms with E-state index in [1.54, 1.807) is 0 Å². The fraction of sp³-hybridized carbons (Fsp3) is 0.730. The van der Waals surface area contributed by atoms with Crippen molar-refractivity contribution in [2.45, 2.75) is 284 Å². The van der Waals surface area contributed by atoms with Gasteiger partial charge < -0.3 is 14.2 Å². The maximum Gasteiger partial charge on any atom is 0.306 e. The van der Waals surface area contributed by atoms with E-state index in [1.807, 2.05) is 60.8 Å². The summed E-state index contributed by atoms with van der Waals surface area (Å²) in [7, 11) is 0. The van der Waals surface area contributed by atoms with Gasteiger partial charge in [0.05, 0.1) is 0 Å². The van der Waals surface area contributed by atoms with E-state index < -0.39 is 6.10 Å². The minimum atomic E-state index is -0.797. The van der Waals surface area contributed by atoms with Crippen molar-refractivity contribution in [2.75, 3.05) is 13.2 Å². The molecule has 0 fully saturated rings. The van der Waals surface area contributed by atoms with Crippen LogP contribution in [0.4, 0.5) is 0 Å². The zero-order valence-electron chi connectivity index (χ0n) is 45.3. The Kier molecular flexibility index (Phi) is 54.3. The van der Waals surface area contributed by atoms with Crippen molar-refractivity contribution in [1.82, 2.24) is 0 Å². The fourth-order valence-electron chi connectivity index (χ4n) is 8.18. The number of carbonyl (C=O) groups excluding carboxylic acids is 3. The van der Waals surface area contributed by atoms with Crippen LogP contribution in [0.15, 0.2) is 85.1 Å². The summed E-state index contributed by atoms with van der Waals surface area (Å²) in [6.45, 7) is 6.48. The van der Waals surface area contributed by atoms with Crippen LogP contribution in [0.2, 0.25) is 0 Å². The average Bonchev–Trinajstić information content (AvgIpc) is 3.35. The van der Waals surface area contributed by atoms with Crippen molar-refractivity contribution < 1.29 is 28.6 Å². The normalized spacial score (nSPS) is 12.7. The summed E-state index contributed by atoms with van der Waals surface area (Å²) in [5.74, 6) is -0.931. The second-order valence-electron chi connectivity index (χ2n) is 19.3. The van der Waals surface area contributed by atoms with Gasteiger partial charge in [0.2, 0.25) is 0 Å². The van der Waals surface area contributed by atoms with E-state index in [9.17, 15) is 14.4 Å². The molecule has 0 saturated heterocycles. The van der Waals surface area contributed by atoms with Gasteiger partial charge in [-0.05, 0) is 64.2 Å². The standard InChI is InChI=1S/C63H108O6/c1-4-7-10-13-16-19-22-25-28-31-34-37-40-43-46-49-52-55-61(64)67-58-60(69-63(66)57-54-51-48-45-42-39-36-33-30-27-24-21-18-15-12-9-6-3)59-68-62(65)56-53-50-47-44-41-38-35-32-29-26-23-20-17-14-11-8-5-2/h7,10,13,16,19,22,25,27-28,30-31,34,37,40,60H,4-6,8-9,11-12,14-15,17-18,20-21,23-24,26,29,32-33,35-36,38-39,41-59H2,1-3H3/b10-7-,16-13-,22-19-,28-25-,30-27-,34-31+,40-37-. The number of rotatable bonds is 52. The van der Waals surface area contributed by atoms with Gasteiger partial charge in [-0.15, -0.1) is 0 Å². The number of esters is 3. The topological polar surface area (TPSA) is 78.9 Å². The molecular formula is C63H108O6. The van der Waals surface area contributed by atoms with Crippen LogP contribution in [-0.2, 0) is 28.6 Å². The molecule has 0 spiro atoms. The van der Waals surface area contributed by atoms with Crippen molar-refractivity contribution in [2.24, 2.45) is 0 Å². The van der Waals surface area contributed by atoms with Crippen LogP contribution in [0.1, 0.15) is 278 Å². The lowest BCUT2D eigenvalue weighted by Gasteiger charge is -2.18. The van der Waals surface area contributed by atoms with Crippen LogP contribution < -0.4 is 0 Å². The quantitative estimate of drug-likeness (QED) is 0.0199. The van der Waals surface area contributed by atoms with Crippen LogP contribution >= 0.6 is 0 Å². The average molecular weight is 962 g/mol. The first-order chi connectivity index (χ1) is 34.0. The fourth-order valence-corrected chi connectivity index (χ4v) is 8.18. The Hall–Kier alpha value is -3.41. The van der Waals surface area contributed by atoms with E-state index >= 15 is 0 Å². The predicted molar refractivity (Wildman–Crippen MR) is 297 cm³/mol. The molecule has 6 heteroatoms. The van der Waals surface area contributed by atoms with Crippen molar-refractivity contribution in [3.63, 3.8) is 0 Å². The van der Waals surface area contributed by atoms with Gasteiger partial charge in [-0.3, -0.25) is 14.4 Å². The van der Waals surface area contributed by atoms with Crippen molar-refractivity contribution in [1.29, 1.82) is 0 Å². The van der Waals surface area contributed by atoms with Gasteiger partial charge in [-0.25, -0.2) is 0 Å². The molecule has 0 aromatic rings. The lowest BCUT2D eigenvalue weighted by atomic mass is 10.0. The predicted octanol–water partition coefficient (Wildman–Crippen LogP) is 19.5. The summed E-state index contributed by atoms with van der Waals surface area (Å²) in [5.41, 5.74) is 0. The number of allylic oxidation sites excluding steroid dienone is 14. The van der Waals surface area contributed by atoms with Crippen molar-refractivity contribution >= 4 is 17.9 Å². The summed E-state index contributed by atoms with van der Waals surface area (Å²) >= 11 is 0. The van der Waals surface area contributed by atoms with E-state index in [2.05, 4.69) is 45.1 Å². The molecule has 0 aliphatic carbocycles. The van der Waals surface area contributed by atoms with E-state index in [1.165, 1.54) is 167 Å². The van der Waals surface area contributed by atoms with Crippen molar-refractivity contribution in [3.05, 3.63) is 85.1 Å². The van der Waals surface area contributed by atoms with Gasteiger partial charge in [0.25, 0.3) is 0 Å². The second kappa shape index (κ2) is 57.2. The first-order valence-corrected chi connectivity index (χ1v) is 29.2. The smallest absolute Gasteiger partial charge is 0.306 e. The van der Waals surface area contributed by atoms with Crippen LogP contribution in [0, 0.1) is 0 Å². The molecule has 6 nitrogen and oxygen atoms in total. The van der Waals surface area contributed by atoms with Gasteiger partial charge >= 0.3 is 17.9 Å². The number of carbonyl (C=O) groups is 3. The Bertz CT molecular complexity index is 1330. The third-order valence-corrected chi connectivity index (χ3v) is 12.5. The largest absolute Gasteiger partial charge is 0.462 e. The van der Waals surface area contributed by atoms with Gasteiger partial charge in [-0.2, -0.15) is 0 Å². The third-order valence-electron chi connectivity index (χ3n) is 12.5. The minimum absolute atomic E-state index is 0.0907. The molecule has 0 rings (SSSR count). The third kappa shape index (κ3) is 55.4.